The molecule has 0 saturated carbocycles. The van der Waals surface area contributed by atoms with Gasteiger partial charge in [-0.2, -0.15) is 11.8 Å². The lowest BCUT2D eigenvalue weighted by Crippen LogP contribution is -2.41. The number of amides is 1. The van der Waals surface area contributed by atoms with E-state index in [2.05, 4.69) is 5.32 Å². The number of sulfonamides is 1. The van der Waals surface area contributed by atoms with Crippen LogP contribution in [0.1, 0.15) is 11.1 Å². The maximum absolute atomic E-state index is 13.3. The van der Waals surface area contributed by atoms with Gasteiger partial charge in [-0.3, -0.25) is 9.10 Å². The van der Waals surface area contributed by atoms with Crippen molar-refractivity contribution in [2.75, 3.05) is 23.1 Å². The number of carbonyl (C=O) groups is 1. The average Bonchev–Trinajstić information content (AvgIpc) is 2.79. The fraction of sp³-hybridized carbons (Fsp3) is 0.208. The number of nitrogens with one attached hydrogen (secondary N) is 1. The topological polar surface area (TPSA) is 66.5 Å². The minimum absolute atomic E-state index is 0.143. The predicted octanol–water partition coefficient (Wildman–Crippen LogP) is 4.89. The first kappa shape index (κ1) is 24.2. The standard InChI is InChI=1S/C24H25ClN2O3S2/c1-19-8-7-10-21(16-19)27(32(29,30)22-11-3-2-4-12-22)17-24(28)26-14-15-31-18-20-9-5-6-13-23(20)25/h2-13,16H,14-15,17-18H2,1H3,(H,26,28). The van der Waals surface area contributed by atoms with Crippen molar-refractivity contribution in [1.82, 2.24) is 5.32 Å². The molecule has 1 N–H and O–H groups in total. The maximum Gasteiger partial charge on any atom is 0.264 e. The quantitative estimate of drug-likeness (QED) is 0.412. The summed E-state index contributed by atoms with van der Waals surface area (Å²) < 4.78 is 27.7. The minimum atomic E-state index is -3.89. The lowest BCUT2D eigenvalue weighted by Gasteiger charge is -2.24. The van der Waals surface area contributed by atoms with E-state index in [-0.39, 0.29) is 17.3 Å². The molecule has 0 aliphatic heterocycles. The molecule has 0 unspecified atom stereocenters. The van der Waals surface area contributed by atoms with Gasteiger partial charge in [0, 0.05) is 23.1 Å². The third-order valence-electron chi connectivity index (χ3n) is 4.69. The number of hydrogen-bond donors (Lipinski definition) is 1. The molecule has 168 valence electrons. The highest BCUT2D eigenvalue weighted by atomic mass is 35.5. The normalized spacial score (nSPS) is 11.2. The summed E-state index contributed by atoms with van der Waals surface area (Å²) in [6.45, 7) is 2.02. The van der Waals surface area contributed by atoms with Crippen molar-refractivity contribution in [2.24, 2.45) is 0 Å². The zero-order chi connectivity index (χ0) is 23.0. The monoisotopic (exact) mass is 488 g/mol. The van der Waals surface area contributed by atoms with Crippen LogP contribution in [0.3, 0.4) is 0 Å². The van der Waals surface area contributed by atoms with Crippen LogP contribution in [0.25, 0.3) is 0 Å². The molecule has 0 radical (unpaired) electrons. The third kappa shape index (κ3) is 6.51. The van der Waals surface area contributed by atoms with Gasteiger partial charge in [0.05, 0.1) is 10.6 Å². The van der Waals surface area contributed by atoms with Crippen molar-refractivity contribution in [1.29, 1.82) is 0 Å². The Morgan fingerprint density at radius 1 is 1.00 bits per heavy atom. The third-order valence-corrected chi connectivity index (χ3v) is 7.86. The molecule has 32 heavy (non-hydrogen) atoms. The summed E-state index contributed by atoms with van der Waals surface area (Å²) in [5.41, 5.74) is 2.41. The van der Waals surface area contributed by atoms with Crippen LogP contribution in [0.5, 0.6) is 0 Å². The molecule has 3 aromatic carbocycles. The first-order chi connectivity index (χ1) is 15.4. The van der Waals surface area contributed by atoms with Crippen LogP contribution in [0.15, 0.2) is 83.8 Å². The lowest BCUT2D eigenvalue weighted by atomic mass is 10.2. The minimum Gasteiger partial charge on any atom is -0.354 e. The van der Waals surface area contributed by atoms with E-state index in [1.165, 1.54) is 12.1 Å². The Morgan fingerprint density at radius 2 is 1.72 bits per heavy atom. The summed E-state index contributed by atoms with van der Waals surface area (Å²) >= 11 is 7.81. The Bertz CT molecular complexity index is 1150. The highest BCUT2D eigenvalue weighted by Gasteiger charge is 2.27. The molecule has 0 fully saturated rings. The molecular formula is C24H25ClN2O3S2. The number of anilines is 1. The number of rotatable bonds is 10. The van der Waals surface area contributed by atoms with Crippen molar-refractivity contribution in [3.8, 4) is 0 Å². The number of carbonyl (C=O) groups excluding carboxylic acids is 1. The van der Waals surface area contributed by atoms with E-state index in [4.69, 9.17) is 11.6 Å². The van der Waals surface area contributed by atoms with E-state index in [0.29, 0.717) is 18.0 Å². The number of aryl methyl sites for hydroxylation is 1. The molecule has 0 aliphatic carbocycles. The molecule has 0 aliphatic rings. The average molecular weight is 489 g/mol. The number of halogens is 1. The molecular weight excluding hydrogens is 464 g/mol. The van der Waals surface area contributed by atoms with Gasteiger partial charge in [0.15, 0.2) is 0 Å². The summed E-state index contributed by atoms with van der Waals surface area (Å²) in [6, 6.07) is 22.9. The molecule has 0 aromatic heterocycles. The zero-order valence-electron chi connectivity index (χ0n) is 17.7. The zero-order valence-corrected chi connectivity index (χ0v) is 20.1. The van der Waals surface area contributed by atoms with E-state index in [1.807, 2.05) is 37.3 Å². The van der Waals surface area contributed by atoms with Gasteiger partial charge in [-0.05, 0) is 48.4 Å². The Balaban J connectivity index is 1.63. The molecule has 3 aromatic rings. The van der Waals surface area contributed by atoms with Gasteiger partial charge in [-0.25, -0.2) is 8.42 Å². The van der Waals surface area contributed by atoms with Crippen molar-refractivity contribution < 1.29 is 13.2 Å². The smallest absolute Gasteiger partial charge is 0.264 e. The largest absolute Gasteiger partial charge is 0.354 e. The summed E-state index contributed by atoms with van der Waals surface area (Å²) in [5, 5.41) is 3.55. The molecule has 0 heterocycles. The second-order valence-electron chi connectivity index (χ2n) is 7.16. The van der Waals surface area contributed by atoms with Crippen LogP contribution in [0.2, 0.25) is 5.02 Å². The number of nitrogens with zero attached hydrogens (tertiary/aromatic N) is 1. The molecule has 1 amide bonds. The van der Waals surface area contributed by atoms with Crippen LogP contribution in [0, 0.1) is 6.92 Å². The first-order valence-corrected chi connectivity index (χ1v) is 13.1. The number of thioether (sulfide) groups is 1. The molecule has 8 heteroatoms. The molecule has 5 nitrogen and oxygen atoms in total. The van der Waals surface area contributed by atoms with E-state index in [1.54, 1.807) is 48.2 Å². The summed E-state index contributed by atoms with van der Waals surface area (Å²) in [6.07, 6.45) is 0. The molecule has 0 saturated heterocycles. The summed E-state index contributed by atoms with van der Waals surface area (Å²) in [4.78, 5) is 12.8. The molecule has 0 spiro atoms. The first-order valence-electron chi connectivity index (χ1n) is 10.1. The SMILES string of the molecule is Cc1cccc(N(CC(=O)NCCSCc2ccccc2Cl)S(=O)(=O)c2ccccc2)c1. The Kier molecular flexibility index (Phi) is 8.61. The fourth-order valence-corrected chi connectivity index (χ4v) is 5.64. The predicted molar refractivity (Wildman–Crippen MR) is 133 cm³/mol. The van der Waals surface area contributed by atoms with Crippen LogP contribution < -0.4 is 9.62 Å². The van der Waals surface area contributed by atoms with Gasteiger partial charge in [0.25, 0.3) is 10.0 Å². The van der Waals surface area contributed by atoms with Gasteiger partial charge in [0.1, 0.15) is 6.54 Å². The van der Waals surface area contributed by atoms with Crippen LogP contribution in [-0.4, -0.2) is 33.2 Å². The second-order valence-corrected chi connectivity index (χ2v) is 10.5. The van der Waals surface area contributed by atoms with Crippen molar-refractivity contribution >= 4 is 45.0 Å². The van der Waals surface area contributed by atoms with Gasteiger partial charge < -0.3 is 5.32 Å². The van der Waals surface area contributed by atoms with Crippen molar-refractivity contribution in [3.05, 3.63) is 95.0 Å². The van der Waals surface area contributed by atoms with E-state index >= 15 is 0 Å². The van der Waals surface area contributed by atoms with Crippen LogP contribution >= 0.6 is 23.4 Å². The molecule has 3 rings (SSSR count). The lowest BCUT2D eigenvalue weighted by molar-refractivity contribution is -0.119. The van der Waals surface area contributed by atoms with Gasteiger partial charge in [-0.1, -0.05) is 60.1 Å². The fourth-order valence-electron chi connectivity index (χ4n) is 3.06. The highest BCUT2D eigenvalue weighted by Crippen LogP contribution is 2.24. The van der Waals surface area contributed by atoms with E-state index < -0.39 is 10.0 Å². The Morgan fingerprint density at radius 3 is 2.44 bits per heavy atom. The van der Waals surface area contributed by atoms with Crippen LogP contribution in [0.4, 0.5) is 5.69 Å². The number of benzene rings is 3. The summed E-state index contributed by atoms with van der Waals surface area (Å²) in [5.74, 6) is 1.07. The van der Waals surface area contributed by atoms with Gasteiger partial charge in [-0.15, -0.1) is 0 Å². The van der Waals surface area contributed by atoms with Crippen LogP contribution in [-0.2, 0) is 20.6 Å². The molecule has 0 atom stereocenters. The van der Waals surface area contributed by atoms with E-state index in [9.17, 15) is 13.2 Å². The van der Waals surface area contributed by atoms with Gasteiger partial charge >= 0.3 is 0 Å². The summed E-state index contributed by atoms with van der Waals surface area (Å²) in [7, 11) is -3.89. The Labute approximate surface area is 198 Å². The highest BCUT2D eigenvalue weighted by molar-refractivity contribution is 7.98. The molecule has 0 bridgehead atoms. The maximum atomic E-state index is 13.3. The van der Waals surface area contributed by atoms with Crippen molar-refractivity contribution in [2.45, 2.75) is 17.6 Å². The van der Waals surface area contributed by atoms with E-state index in [0.717, 1.165) is 26.2 Å². The number of hydrogen-bond acceptors (Lipinski definition) is 4. The van der Waals surface area contributed by atoms with Gasteiger partial charge in [0.2, 0.25) is 5.91 Å². The Hall–Kier alpha value is -2.48. The van der Waals surface area contributed by atoms with Crippen molar-refractivity contribution in [3.63, 3.8) is 0 Å². The second kappa shape index (κ2) is 11.4.